The van der Waals surface area contributed by atoms with Gasteiger partial charge in [0.15, 0.2) is 0 Å². The highest BCUT2D eigenvalue weighted by molar-refractivity contribution is 6.00. The van der Waals surface area contributed by atoms with Crippen LogP contribution in [-0.4, -0.2) is 24.1 Å². The molecule has 5 heteroatoms. The molecule has 1 fully saturated rings. The zero-order chi connectivity index (χ0) is 18.4. The maximum Gasteiger partial charge on any atom is 0.271 e. The summed E-state index contributed by atoms with van der Waals surface area (Å²) in [6.45, 7) is 2.56. The minimum atomic E-state index is -0.281. The van der Waals surface area contributed by atoms with Gasteiger partial charge in [-0.05, 0) is 49.2 Å². The van der Waals surface area contributed by atoms with Gasteiger partial charge in [0.05, 0.1) is 5.71 Å². The van der Waals surface area contributed by atoms with Crippen LogP contribution in [0.4, 0.5) is 5.69 Å². The first-order chi connectivity index (χ1) is 12.6. The minimum Gasteiger partial charge on any atom is -0.312 e. The maximum atomic E-state index is 12.2. The van der Waals surface area contributed by atoms with Crippen LogP contribution in [0.1, 0.15) is 35.7 Å². The molecule has 132 valence electrons. The number of allylic oxidation sites excluding steroid dienone is 1. The van der Waals surface area contributed by atoms with Crippen molar-refractivity contribution in [1.82, 2.24) is 5.43 Å². The molecule has 26 heavy (non-hydrogen) atoms. The Morgan fingerprint density at radius 1 is 1.12 bits per heavy atom. The molecule has 3 rings (SSSR count). The van der Waals surface area contributed by atoms with Crippen LogP contribution in [0.2, 0.25) is 0 Å². The number of hydrazone groups is 1. The molecule has 0 saturated carbocycles. The van der Waals surface area contributed by atoms with Crippen LogP contribution in [0.3, 0.4) is 0 Å². The molecule has 0 atom stereocenters. The van der Waals surface area contributed by atoms with E-state index in [1.807, 2.05) is 49.4 Å². The highest BCUT2D eigenvalue weighted by Crippen LogP contribution is 2.21. The summed E-state index contributed by atoms with van der Waals surface area (Å²) in [5.74, 6) is -0.149. The van der Waals surface area contributed by atoms with E-state index < -0.39 is 0 Å². The molecule has 2 aromatic rings. The molecule has 1 aliphatic heterocycles. The summed E-state index contributed by atoms with van der Waals surface area (Å²) in [6.07, 6.45) is 5.25. The molecule has 2 aromatic carbocycles. The van der Waals surface area contributed by atoms with E-state index in [1.54, 1.807) is 29.2 Å². The summed E-state index contributed by atoms with van der Waals surface area (Å²) < 4.78 is 0. The number of hydrogen-bond donors (Lipinski definition) is 1. The second-order valence-corrected chi connectivity index (χ2v) is 6.13. The Hall–Kier alpha value is -3.21. The highest BCUT2D eigenvalue weighted by atomic mass is 16.2. The van der Waals surface area contributed by atoms with E-state index in [9.17, 15) is 9.59 Å². The van der Waals surface area contributed by atoms with E-state index in [1.165, 1.54) is 0 Å². The van der Waals surface area contributed by atoms with Gasteiger partial charge in [0.1, 0.15) is 0 Å². The Balaban J connectivity index is 1.59. The minimum absolute atomic E-state index is 0.132. The first-order valence-electron chi connectivity index (χ1n) is 8.62. The van der Waals surface area contributed by atoms with E-state index in [-0.39, 0.29) is 11.8 Å². The van der Waals surface area contributed by atoms with Crippen molar-refractivity contribution < 1.29 is 9.59 Å². The van der Waals surface area contributed by atoms with Gasteiger partial charge in [0.25, 0.3) is 5.91 Å². The molecule has 1 saturated heterocycles. The van der Waals surface area contributed by atoms with Crippen molar-refractivity contribution in [2.24, 2.45) is 5.10 Å². The van der Waals surface area contributed by atoms with Crippen molar-refractivity contribution in [3.05, 3.63) is 71.8 Å². The number of rotatable bonds is 5. The van der Waals surface area contributed by atoms with Crippen molar-refractivity contribution in [2.75, 3.05) is 11.4 Å². The lowest BCUT2D eigenvalue weighted by Gasteiger charge is -2.15. The first kappa shape index (κ1) is 17.6. The summed E-state index contributed by atoms with van der Waals surface area (Å²) in [7, 11) is 0. The maximum absolute atomic E-state index is 12.2. The third kappa shape index (κ3) is 4.45. The quantitative estimate of drug-likeness (QED) is 0.663. The van der Waals surface area contributed by atoms with Gasteiger partial charge in [-0.1, -0.05) is 36.4 Å². The Labute approximate surface area is 153 Å². The molecule has 0 unspecified atom stereocenters. The Bertz CT molecular complexity index is 839. The number of nitrogens with one attached hydrogen (secondary N) is 1. The topological polar surface area (TPSA) is 61.8 Å². The lowest BCUT2D eigenvalue weighted by atomic mass is 10.2. The van der Waals surface area contributed by atoms with Crippen molar-refractivity contribution in [1.29, 1.82) is 0 Å². The van der Waals surface area contributed by atoms with Gasteiger partial charge in [-0.3, -0.25) is 9.59 Å². The molecule has 1 heterocycles. The van der Waals surface area contributed by atoms with Gasteiger partial charge in [0, 0.05) is 24.2 Å². The lowest BCUT2D eigenvalue weighted by Crippen LogP contribution is -2.24. The normalized spacial score (nSPS) is 14.9. The molecule has 0 bridgehead atoms. The van der Waals surface area contributed by atoms with Crippen LogP contribution in [0, 0.1) is 0 Å². The van der Waals surface area contributed by atoms with Gasteiger partial charge < -0.3 is 4.90 Å². The molecule has 2 amide bonds. The zero-order valence-corrected chi connectivity index (χ0v) is 14.7. The molecular weight excluding hydrogens is 326 g/mol. The van der Waals surface area contributed by atoms with Crippen LogP contribution >= 0.6 is 0 Å². The molecular formula is C21H21N3O2. The second kappa shape index (κ2) is 8.25. The fraction of sp³-hybridized carbons (Fsp3) is 0.190. The number of carbonyl (C=O) groups excluding carboxylic acids is 2. The fourth-order valence-electron chi connectivity index (χ4n) is 2.74. The van der Waals surface area contributed by atoms with Gasteiger partial charge in [-0.15, -0.1) is 0 Å². The third-order valence-corrected chi connectivity index (χ3v) is 4.16. The second-order valence-electron chi connectivity index (χ2n) is 6.13. The molecule has 0 radical (unpaired) electrons. The van der Waals surface area contributed by atoms with Gasteiger partial charge in [0.2, 0.25) is 5.91 Å². The van der Waals surface area contributed by atoms with E-state index in [0.717, 1.165) is 24.2 Å². The molecule has 0 aromatic heterocycles. The largest absolute Gasteiger partial charge is 0.312 e. The first-order valence-corrected chi connectivity index (χ1v) is 8.62. The van der Waals surface area contributed by atoms with E-state index >= 15 is 0 Å². The van der Waals surface area contributed by atoms with Crippen molar-refractivity contribution in [2.45, 2.75) is 19.8 Å². The zero-order valence-electron chi connectivity index (χ0n) is 14.7. The smallest absolute Gasteiger partial charge is 0.271 e. The third-order valence-electron chi connectivity index (χ3n) is 4.16. The summed E-state index contributed by atoms with van der Waals surface area (Å²) >= 11 is 0. The Morgan fingerprint density at radius 2 is 1.85 bits per heavy atom. The van der Waals surface area contributed by atoms with Gasteiger partial charge in [-0.2, -0.15) is 5.10 Å². The van der Waals surface area contributed by atoms with Crippen LogP contribution in [0.5, 0.6) is 0 Å². The van der Waals surface area contributed by atoms with E-state index in [4.69, 9.17) is 0 Å². The summed E-state index contributed by atoms with van der Waals surface area (Å²) in [5, 5.41) is 4.09. The van der Waals surface area contributed by atoms with Crippen molar-refractivity contribution in [3.63, 3.8) is 0 Å². The fourth-order valence-corrected chi connectivity index (χ4v) is 2.74. The number of anilines is 1. The molecule has 0 aliphatic carbocycles. The summed E-state index contributed by atoms with van der Waals surface area (Å²) in [4.78, 5) is 25.7. The number of hydrogen-bond acceptors (Lipinski definition) is 3. The predicted molar refractivity (Wildman–Crippen MR) is 104 cm³/mol. The van der Waals surface area contributed by atoms with Crippen LogP contribution < -0.4 is 10.3 Å². The van der Waals surface area contributed by atoms with E-state index in [2.05, 4.69) is 10.5 Å². The number of benzene rings is 2. The van der Waals surface area contributed by atoms with Crippen LogP contribution in [0.15, 0.2) is 65.8 Å². The Kier molecular flexibility index (Phi) is 5.59. The number of carbonyl (C=O) groups is 2. The Morgan fingerprint density at radius 3 is 2.50 bits per heavy atom. The average Bonchev–Trinajstić information content (AvgIpc) is 3.11. The average molecular weight is 347 g/mol. The number of amides is 2. The summed E-state index contributed by atoms with van der Waals surface area (Å²) in [5.41, 5.74) is 5.65. The standard InChI is InChI=1S/C21H21N3O2/c1-16(9-10-17-6-3-2-4-7-17)22-23-21(26)18-11-13-19(14-12-18)24-15-5-8-20(24)25/h2-4,6-7,9-14H,5,8,15H2,1H3,(H,23,26)/b10-9-,22-16?. The predicted octanol–water partition coefficient (Wildman–Crippen LogP) is 3.63. The van der Waals surface area contributed by atoms with Crippen molar-refractivity contribution in [3.8, 4) is 0 Å². The monoisotopic (exact) mass is 347 g/mol. The van der Waals surface area contributed by atoms with E-state index in [0.29, 0.717) is 17.7 Å². The SMILES string of the molecule is CC(/C=C\c1ccccc1)=NNC(=O)c1ccc(N2CCCC2=O)cc1. The molecule has 1 aliphatic rings. The van der Waals surface area contributed by atoms with Crippen molar-refractivity contribution >= 4 is 29.3 Å². The lowest BCUT2D eigenvalue weighted by molar-refractivity contribution is -0.117. The summed E-state index contributed by atoms with van der Waals surface area (Å²) in [6, 6.07) is 16.9. The van der Waals surface area contributed by atoms with Gasteiger partial charge in [-0.25, -0.2) is 5.43 Å². The highest BCUT2D eigenvalue weighted by Gasteiger charge is 2.21. The number of nitrogens with zero attached hydrogens (tertiary/aromatic N) is 2. The van der Waals surface area contributed by atoms with Gasteiger partial charge >= 0.3 is 0 Å². The van der Waals surface area contributed by atoms with Crippen LogP contribution in [-0.2, 0) is 4.79 Å². The molecule has 5 nitrogen and oxygen atoms in total. The molecule has 1 N–H and O–H groups in total. The van der Waals surface area contributed by atoms with Crippen LogP contribution in [0.25, 0.3) is 6.08 Å². The molecule has 0 spiro atoms.